The van der Waals surface area contributed by atoms with Gasteiger partial charge in [-0.2, -0.15) is 22.5 Å². The van der Waals surface area contributed by atoms with Crippen LogP contribution in [-0.2, 0) is 22.6 Å². The zero-order valence-electron chi connectivity index (χ0n) is 15.9. The lowest BCUT2D eigenvalue weighted by Gasteiger charge is -2.35. The van der Waals surface area contributed by atoms with Gasteiger partial charge in [0.25, 0.3) is 0 Å². The molecular formula is C20H18F3N3O3S. The van der Waals surface area contributed by atoms with Crippen LogP contribution in [0.15, 0.2) is 57.9 Å². The summed E-state index contributed by atoms with van der Waals surface area (Å²) < 4.78 is 70.6. The first-order valence-corrected chi connectivity index (χ1v) is 10.7. The van der Waals surface area contributed by atoms with E-state index in [4.69, 9.17) is 4.52 Å². The van der Waals surface area contributed by atoms with Crippen LogP contribution in [0.4, 0.5) is 13.2 Å². The summed E-state index contributed by atoms with van der Waals surface area (Å²) in [4.78, 5) is 4.39. The van der Waals surface area contributed by atoms with Crippen molar-refractivity contribution in [3.63, 3.8) is 0 Å². The lowest BCUT2D eigenvalue weighted by atomic mass is 10.0. The summed E-state index contributed by atoms with van der Waals surface area (Å²) in [5, 5.41) is 3.76. The Kier molecular flexibility index (Phi) is 5.15. The SMILES string of the molecule is CCc1ccc(S(=O)(=O)N2CC(c3nc(-c4cccc(C(F)(F)F)c4)no3)C2)cc1. The number of aryl methyl sites for hydroxylation is 1. The predicted octanol–water partition coefficient (Wildman–Crippen LogP) is 4.11. The van der Waals surface area contributed by atoms with Crippen LogP contribution < -0.4 is 0 Å². The van der Waals surface area contributed by atoms with Crippen molar-refractivity contribution >= 4 is 10.0 Å². The minimum Gasteiger partial charge on any atom is -0.339 e. The molecule has 158 valence electrons. The lowest BCUT2D eigenvalue weighted by Crippen LogP contribution is -2.48. The summed E-state index contributed by atoms with van der Waals surface area (Å²) in [6.45, 7) is 2.33. The van der Waals surface area contributed by atoms with Gasteiger partial charge in [-0.05, 0) is 36.2 Å². The number of alkyl halides is 3. The molecule has 0 atom stereocenters. The monoisotopic (exact) mass is 437 g/mol. The molecule has 1 fully saturated rings. The van der Waals surface area contributed by atoms with Gasteiger partial charge in [0, 0.05) is 18.7 Å². The van der Waals surface area contributed by atoms with Crippen molar-refractivity contribution in [2.45, 2.75) is 30.3 Å². The Morgan fingerprint density at radius 3 is 2.47 bits per heavy atom. The van der Waals surface area contributed by atoms with Gasteiger partial charge in [0.15, 0.2) is 0 Å². The van der Waals surface area contributed by atoms with Crippen molar-refractivity contribution in [3.05, 3.63) is 65.5 Å². The number of nitrogens with zero attached hydrogens (tertiary/aromatic N) is 3. The van der Waals surface area contributed by atoms with Gasteiger partial charge in [-0.25, -0.2) is 8.42 Å². The van der Waals surface area contributed by atoms with Crippen LogP contribution in [0, 0.1) is 0 Å². The van der Waals surface area contributed by atoms with Gasteiger partial charge in [0.05, 0.1) is 16.4 Å². The van der Waals surface area contributed by atoms with Crippen LogP contribution in [0.25, 0.3) is 11.4 Å². The van der Waals surface area contributed by atoms with Crippen molar-refractivity contribution < 1.29 is 26.1 Å². The number of sulfonamides is 1. The van der Waals surface area contributed by atoms with E-state index in [1.165, 1.54) is 16.4 Å². The van der Waals surface area contributed by atoms with Gasteiger partial charge in [-0.3, -0.25) is 0 Å². The largest absolute Gasteiger partial charge is 0.416 e. The molecule has 0 amide bonds. The molecule has 0 unspecified atom stereocenters. The zero-order valence-corrected chi connectivity index (χ0v) is 16.7. The van der Waals surface area contributed by atoms with E-state index in [0.29, 0.717) is 0 Å². The quantitative estimate of drug-likeness (QED) is 0.601. The fourth-order valence-corrected chi connectivity index (χ4v) is 4.72. The van der Waals surface area contributed by atoms with Gasteiger partial charge in [0.1, 0.15) is 0 Å². The molecule has 10 heteroatoms. The van der Waals surface area contributed by atoms with E-state index >= 15 is 0 Å². The number of aromatic nitrogens is 2. The molecule has 2 heterocycles. The third kappa shape index (κ3) is 3.84. The Morgan fingerprint density at radius 2 is 1.83 bits per heavy atom. The van der Waals surface area contributed by atoms with Crippen molar-refractivity contribution in [2.75, 3.05) is 13.1 Å². The van der Waals surface area contributed by atoms with Crippen LogP contribution in [0.5, 0.6) is 0 Å². The first-order chi connectivity index (χ1) is 14.2. The average Bonchev–Trinajstić information content (AvgIpc) is 3.16. The Hall–Kier alpha value is -2.72. The number of rotatable bonds is 5. The van der Waals surface area contributed by atoms with Crippen LogP contribution in [-0.4, -0.2) is 36.0 Å². The molecule has 0 bridgehead atoms. The minimum atomic E-state index is -4.47. The normalized spacial score (nSPS) is 15.9. The molecule has 1 saturated heterocycles. The van der Waals surface area contributed by atoms with Gasteiger partial charge >= 0.3 is 6.18 Å². The molecule has 2 aromatic carbocycles. The second kappa shape index (κ2) is 7.51. The van der Waals surface area contributed by atoms with E-state index in [1.54, 1.807) is 24.3 Å². The zero-order chi connectivity index (χ0) is 21.5. The molecule has 0 N–H and O–H groups in total. The van der Waals surface area contributed by atoms with E-state index < -0.39 is 21.8 Å². The van der Waals surface area contributed by atoms with Crippen molar-refractivity contribution in [1.29, 1.82) is 0 Å². The van der Waals surface area contributed by atoms with Gasteiger partial charge < -0.3 is 4.52 Å². The van der Waals surface area contributed by atoms with Crippen LogP contribution in [0.2, 0.25) is 0 Å². The summed E-state index contributed by atoms with van der Waals surface area (Å²) in [6, 6.07) is 11.4. The van der Waals surface area contributed by atoms with E-state index in [2.05, 4.69) is 10.1 Å². The fraction of sp³-hybridized carbons (Fsp3) is 0.300. The first-order valence-electron chi connectivity index (χ1n) is 9.29. The Bertz CT molecular complexity index is 1150. The van der Waals surface area contributed by atoms with Crippen molar-refractivity contribution in [2.24, 2.45) is 0 Å². The maximum absolute atomic E-state index is 12.9. The molecule has 0 aliphatic carbocycles. The summed E-state index contributed by atoms with van der Waals surface area (Å²) in [5.74, 6) is -0.0653. The van der Waals surface area contributed by atoms with E-state index in [0.717, 1.165) is 24.1 Å². The molecule has 1 aliphatic rings. The summed E-state index contributed by atoms with van der Waals surface area (Å²) in [6.07, 6.45) is -3.65. The topological polar surface area (TPSA) is 76.3 Å². The number of hydrogen-bond acceptors (Lipinski definition) is 5. The molecule has 6 nitrogen and oxygen atoms in total. The third-order valence-electron chi connectivity index (χ3n) is 5.06. The highest BCUT2D eigenvalue weighted by atomic mass is 32.2. The molecule has 1 aliphatic heterocycles. The van der Waals surface area contributed by atoms with Crippen LogP contribution in [0.3, 0.4) is 0 Å². The van der Waals surface area contributed by atoms with Crippen molar-refractivity contribution in [1.82, 2.24) is 14.4 Å². The second-order valence-corrected chi connectivity index (χ2v) is 8.99. The summed E-state index contributed by atoms with van der Waals surface area (Å²) >= 11 is 0. The Balaban J connectivity index is 1.46. The van der Waals surface area contributed by atoms with Gasteiger partial charge in [0.2, 0.25) is 21.7 Å². The van der Waals surface area contributed by atoms with Crippen LogP contribution in [0.1, 0.15) is 29.9 Å². The number of benzene rings is 2. The molecular weight excluding hydrogens is 419 g/mol. The minimum absolute atomic E-state index is 0.0348. The Labute approximate surface area is 171 Å². The van der Waals surface area contributed by atoms with Gasteiger partial charge in [-0.1, -0.05) is 36.3 Å². The van der Waals surface area contributed by atoms with Crippen LogP contribution >= 0.6 is 0 Å². The average molecular weight is 437 g/mol. The second-order valence-electron chi connectivity index (χ2n) is 7.05. The molecule has 0 saturated carbocycles. The maximum atomic E-state index is 12.9. The molecule has 4 rings (SSSR count). The number of hydrogen-bond donors (Lipinski definition) is 0. The molecule has 0 spiro atoms. The predicted molar refractivity (Wildman–Crippen MR) is 102 cm³/mol. The van der Waals surface area contributed by atoms with E-state index in [1.807, 2.05) is 6.92 Å². The van der Waals surface area contributed by atoms with E-state index in [-0.39, 0.29) is 41.2 Å². The fourth-order valence-electron chi connectivity index (χ4n) is 3.19. The smallest absolute Gasteiger partial charge is 0.339 e. The summed E-state index contributed by atoms with van der Waals surface area (Å²) in [7, 11) is -3.62. The highest BCUT2D eigenvalue weighted by Gasteiger charge is 2.40. The molecule has 30 heavy (non-hydrogen) atoms. The lowest BCUT2D eigenvalue weighted by molar-refractivity contribution is -0.137. The maximum Gasteiger partial charge on any atom is 0.416 e. The molecule has 0 radical (unpaired) electrons. The molecule has 1 aromatic heterocycles. The molecule has 3 aromatic rings. The number of halogens is 3. The standard InChI is InChI=1S/C20H18F3N3O3S/c1-2-13-6-8-17(9-7-13)30(27,28)26-11-15(12-26)19-24-18(25-29-19)14-4-3-5-16(10-14)20(21,22)23/h3-10,15H,2,11-12H2,1H3. The first kappa shape index (κ1) is 20.5. The highest BCUT2D eigenvalue weighted by molar-refractivity contribution is 7.89. The van der Waals surface area contributed by atoms with Crippen molar-refractivity contribution in [3.8, 4) is 11.4 Å². The van der Waals surface area contributed by atoms with Gasteiger partial charge in [-0.15, -0.1) is 0 Å². The Morgan fingerprint density at radius 1 is 1.13 bits per heavy atom. The highest BCUT2D eigenvalue weighted by Crippen LogP contribution is 2.34. The van der Waals surface area contributed by atoms with E-state index in [9.17, 15) is 21.6 Å². The third-order valence-corrected chi connectivity index (χ3v) is 6.90. The summed E-state index contributed by atoms with van der Waals surface area (Å²) in [5.41, 5.74) is 0.421.